The van der Waals surface area contributed by atoms with Crippen LogP contribution < -0.4 is 24.6 Å². The van der Waals surface area contributed by atoms with Crippen LogP contribution >= 0.6 is 0 Å². The molecule has 3 N–H and O–H groups in total. The summed E-state index contributed by atoms with van der Waals surface area (Å²) in [5.41, 5.74) is 1.29. The van der Waals surface area contributed by atoms with Gasteiger partial charge in [0.25, 0.3) is 5.91 Å². The summed E-state index contributed by atoms with van der Waals surface area (Å²) in [6.45, 7) is 10.0. The minimum absolute atomic E-state index is 0.0428. The van der Waals surface area contributed by atoms with Crippen LogP contribution in [0.1, 0.15) is 45.1 Å². The summed E-state index contributed by atoms with van der Waals surface area (Å²) >= 11 is 0. The van der Waals surface area contributed by atoms with E-state index in [0.717, 1.165) is 50.6 Å². The summed E-state index contributed by atoms with van der Waals surface area (Å²) in [6, 6.07) is 6.68. The van der Waals surface area contributed by atoms with Crippen molar-refractivity contribution in [1.29, 1.82) is 0 Å². The number of hydrogen-bond acceptors (Lipinski definition) is 3. The van der Waals surface area contributed by atoms with Crippen LogP contribution in [0.15, 0.2) is 18.2 Å². The van der Waals surface area contributed by atoms with E-state index in [0.29, 0.717) is 18.8 Å². The zero-order valence-corrected chi connectivity index (χ0v) is 17.3. The molecular formula is C22H35N3O3+2. The maximum atomic E-state index is 12.8. The van der Waals surface area contributed by atoms with Gasteiger partial charge < -0.3 is 24.6 Å². The van der Waals surface area contributed by atoms with Gasteiger partial charge in [0.1, 0.15) is 32.7 Å². The second kappa shape index (κ2) is 8.70. The van der Waals surface area contributed by atoms with Gasteiger partial charge in [0, 0.05) is 11.6 Å². The van der Waals surface area contributed by atoms with E-state index >= 15 is 0 Å². The topological polar surface area (TPSA) is 56.4 Å². The van der Waals surface area contributed by atoms with Gasteiger partial charge in [-0.05, 0) is 43.9 Å². The average Bonchev–Trinajstić information content (AvgIpc) is 3.17. The van der Waals surface area contributed by atoms with Crippen molar-refractivity contribution in [3.05, 3.63) is 23.8 Å². The molecule has 0 unspecified atom stereocenters. The minimum Gasteiger partial charge on any atom is -0.454 e. The van der Waals surface area contributed by atoms with Gasteiger partial charge in [0.05, 0.1) is 0 Å². The Morgan fingerprint density at radius 3 is 2.68 bits per heavy atom. The maximum absolute atomic E-state index is 12.8. The number of carbonyl (C=O) groups excluding carboxylic acids is 1. The molecule has 0 bridgehead atoms. The minimum atomic E-state index is 0.0428. The fourth-order valence-electron chi connectivity index (χ4n) is 4.90. The molecule has 28 heavy (non-hydrogen) atoms. The SMILES string of the molecule is C[C@@H]1CCCC[C@@H]1NC(=O)[C@@H](C)[NH+]1CC[NH+](Cc2ccc3c(c2)OCO3)CC1. The zero-order chi connectivity index (χ0) is 19.5. The van der Waals surface area contributed by atoms with Crippen molar-refractivity contribution in [3.8, 4) is 11.5 Å². The summed E-state index contributed by atoms with van der Waals surface area (Å²) in [7, 11) is 0. The van der Waals surface area contributed by atoms with E-state index in [4.69, 9.17) is 9.47 Å². The number of carbonyl (C=O) groups is 1. The lowest BCUT2D eigenvalue weighted by molar-refractivity contribution is -1.02. The maximum Gasteiger partial charge on any atom is 0.278 e. The summed E-state index contributed by atoms with van der Waals surface area (Å²) < 4.78 is 10.9. The van der Waals surface area contributed by atoms with Crippen LogP contribution in [0.3, 0.4) is 0 Å². The molecule has 2 heterocycles. The second-order valence-electron chi connectivity index (χ2n) is 8.87. The predicted octanol–water partition coefficient (Wildman–Crippen LogP) is -0.218. The molecule has 1 saturated carbocycles. The van der Waals surface area contributed by atoms with Crippen molar-refractivity contribution in [1.82, 2.24) is 5.32 Å². The number of amides is 1. The fourth-order valence-corrected chi connectivity index (χ4v) is 4.90. The summed E-state index contributed by atoms with van der Waals surface area (Å²) in [4.78, 5) is 15.8. The van der Waals surface area contributed by atoms with Gasteiger partial charge in [0.2, 0.25) is 6.79 Å². The predicted molar refractivity (Wildman–Crippen MR) is 107 cm³/mol. The molecule has 3 atom stereocenters. The monoisotopic (exact) mass is 389 g/mol. The smallest absolute Gasteiger partial charge is 0.278 e. The lowest BCUT2D eigenvalue weighted by Gasteiger charge is -2.34. The van der Waals surface area contributed by atoms with E-state index in [1.54, 1.807) is 4.90 Å². The molecule has 0 radical (unpaired) electrons. The first-order valence-electron chi connectivity index (χ1n) is 11.0. The number of ether oxygens (including phenoxy) is 2. The van der Waals surface area contributed by atoms with Crippen LogP contribution in [0.25, 0.3) is 0 Å². The highest BCUT2D eigenvalue weighted by Gasteiger charge is 2.33. The van der Waals surface area contributed by atoms with Gasteiger partial charge in [-0.15, -0.1) is 0 Å². The van der Waals surface area contributed by atoms with Gasteiger partial charge in [-0.1, -0.05) is 19.8 Å². The van der Waals surface area contributed by atoms with Crippen LogP contribution in [-0.2, 0) is 11.3 Å². The molecule has 6 heteroatoms. The lowest BCUT2D eigenvalue weighted by Crippen LogP contribution is -3.29. The van der Waals surface area contributed by atoms with Crippen LogP contribution in [0.5, 0.6) is 11.5 Å². The third-order valence-electron chi connectivity index (χ3n) is 6.94. The number of benzene rings is 1. The highest BCUT2D eigenvalue weighted by molar-refractivity contribution is 5.80. The Hall–Kier alpha value is -1.79. The molecule has 1 aromatic rings. The quantitative estimate of drug-likeness (QED) is 0.653. The largest absolute Gasteiger partial charge is 0.454 e. The lowest BCUT2D eigenvalue weighted by atomic mass is 9.86. The molecule has 6 nitrogen and oxygen atoms in total. The van der Waals surface area contributed by atoms with Gasteiger partial charge >= 0.3 is 0 Å². The number of fused-ring (bicyclic) bond motifs is 1. The Balaban J connectivity index is 1.24. The molecule has 154 valence electrons. The average molecular weight is 390 g/mol. The van der Waals surface area contributed by atoms with Gasteiger partial charge in [-0.25, -0.2) is 0 Å². The van der Waals surface area contributed by atoms with Crippen molar-refractivity contribution in [2.24, 2.45) is 5.92 Å². The van der Waals surface area contributed by atoms with Crippen LogP contribution in [0, 0.1) is 5.92 Å². The Kier molecular flexibility index (Phi) is 6.07. The molecule has 1 aromatic carbocycles. The Bertz CT molecular complexity index is 688. The Labute approximate surface area is 168 Å². The van der Waals surface area contributed by atoms with E-state index < -0.39 is 0 Å². The van der Waals surface area contributed by atoms with E-state index in [1.165, 1.54) is 29.7 Å². The van der Waals surface area contributed by atoms with Crippen LogP contribution in [0.2, 0.25) is 0 Å². The van der Waals surface area contributed by atoms with E-state index in [2.05, 4.69) is 31.3 Å². The first-order valence-corrected chi connectivity index (χ1v) is 11.0. The molecule has 0 aromatic heterocycles. The third-order valence-corrected chi connectivity index (χ3v) is 6.94. The van der Waals surface area contributed by atoms with Crippen molar-refractivity contribution >= 4 is 5.91 Å². The number of rotatable bonds is 5. The number of piperazine rings is 1. The van der Waals surface area contributed by atoms with Crippen LogP contribution in [0.4, 0.5) is 0 Å². The molecule has 1 aliphatic carbocycles. The zero-order valence-electron chi connectivity index (χ0n) is 17.3. The normalized spacial score (nSPS) is 30.6. The van der Waals surface area contributed by atoms with E-state index in [-0.39, 0.29) is 11.9 Å². The molecule has 3 aliphatic rings. The van der Waals surface area contributed by atoms with E-state index in [9.17, 15) is 4.79 Å². The third kappa shape index (κ3) is 4.44. The summed E-state index contributed by atoms with van der Waals surface area (Å²) in [5.74, 6) is 2.57. The van der Waals surface area contributed by atoms with Gasteiger partial charge in [-0.3, -0.25) is 4.79 Å². The standard InChI is InChI=1S/C22H33N3O3/c1-16-5-3-4-6-19(16)23-22(26)17(2)25-11-9-24(10-12-25)14-18-7-8-20-21(13-18)28-15-27-20/h7-8,13,16-17,19H,3-6,9-12,14-15H2,1-2H3,(H,23,26)/p+2/t16-,17-,19+/m1/s1. The summed E-state index contributed by atoms with van der Waals surface area (Å²) in [5, 5.41) is 3.35. The van der Waals surface area contributed by atoms with Crippen molar-refractivity contribution in [3.63, 3.8) is 0 Å². The number of hydrogen-bond donors (Lipinski definition) is 3. The molecule has 2 fully saturated rings. The Morgan fingerprint density at radius 1 is 1.14 bits per heavy atom. The van der Waals surface area contributed by atoms with E-state index in [1.807, 2.05) is 6.07 Å². The highest BCUT2D eigenvalue weighted by atomic mass is 16.7. The summed E-state index contributed by atoms with van der Waals surface area (Å²) in [6.07, 6.45) is 4.94. The molecule has 1 saturated heterocycles. The number of nitrogens with one attached hydrogen (secondary N) is 3. The molecule has 0 spiro atoms. The second-order valence-corrected chi connectivity index (χ2v) is 8.87. The van der Waals surface area contributed by atoms with Crippen molar-refractivity contribution < 1.29 is 24.1 Å². The molecular weight excluding hydrogens is 354 g/mol. The van der Waals surface area contributed by atoms with Gasteiger partial charge in [-0.2, -0.15) is 0 Å². The first kappa shape index (κ1) is 19.5. The Morgan fingerprint density at radius 2 is 1.89 bits per heavy atom. The first-order chi connectivity index (χ1) is 13.6. The van der Waals surface area contributed by atoms with Crippen LogP contribution in [-0.4, -0.2) is 51.0 Å². The molecule has 2 aliphatic heterocycles. The number of quaternary nitrogens is 2. The highest BCUT2D eigenvalue weighted by Crippen LogP contribution is 2.32. The molecule has 1 amide bonds. The molecule has 4 rings (SSSR count). The van der Waals surface area contributed by atoms with Crippen molar-refractivity contribution in [2.75, 3.05) is 33.0 Å². The van der Waals surface area contributed by atoms with Gasteiger partial charge in [0.15, 0.2) is 17.5 Å². The fraction of sp³-hybridized carbons (Fsp3) is 0.682. The van der Waals surface area contributed by atoms with Crippen molar-refractivity contribution in [2.45, 2.75) is 58.2 Å².